The van der Waals surface area contributed by atoms with Gasteiger partial charge in [0.25, 0.3) is 5.91 Å². The van der Waals surface area contributed by atoms with Gasteiger partial charge in [0.1, 0.15) is 11.8 Å². The monoisotopic (exact) mass is 410 g/mol. The van der Waals surface area contributed by atoms with Crippen LogP contribution in [0.2, 0.25) is 0 Å². The van der Waals surface area contributed by atoms with E-state index in [2.05, 4.69) is 12.2 Å². The lowest BCUT2D eigenvalue weighted by Gasteiger charge is -2.43. The third-order valence-corrected chi connectivity index (χ3v) is 6.22. The number of amides is 2. The summed E-state index contributed by atoms with van der Waals surface area (Å²) in [7, 11) is 0. The molecule has 2 aliphatic carbocycles. The van der Waals surface area contributed by atoms with Crippen LogP contribution in [0.15, 0.2) is 24.3 Å². The molecule has 1 N–H and O–H groups in total. The highest BCUT2D eigenvalue weighted by Crippen LogP contribution is 2.44. The fourth-order valence-electron chi connectivity index (χ4n) is 4.35. The molecule has 29 heavy (non-hydrogen) atoms. The maximum Gasteiger partial charge on any atom is 0.417 e. The molecule has 0 bridgehead atoms. The van der Waals surface area contributed by atoms with Gasteiger partial charge in [-0.05, 0) is 56.6 Å². The summed E-state index contributed by atoms with van der Waals surface area (Å²) in [6, 6.07) is 3.92. The van der Waals surface area contributed by atoms with Crippen LogP contribution >= 0.6 is 0 Å². The van der Waals surface area contributed by atoms with Crippen LogP contribution in [-0.2, 0) is 15.7 Å². The Morgan fingerprint density at radius 2 is 1.79 bits per heavy atom. The van der Waals surface area contributed by atoms with Crippen molar-refractivity contribution in [3.05, 3.63) is 35.4 Å². The van der Waals surface area contributed by atoms with Crippen molar-refractivity contribution in [2.45, 2.75) is 69.4 Å². The van der Waals surface area contributed by atoms with Crippen LogP contribution in [0.3, 0.4) is 0 Å². The summed E-state index contributed by atoms with van der Waals surface area (Å²) in [6.45, 7) is 2.11. The van der Waals surface area contributed by atoms with Crippen LogP contribution in [0, 0.1) is 5.92 Å². The van der Waals surface area contributed by atoms with E-state index in [0.717, 1.165) is 31.7 Å². The van der Waals surface area contributed by atoms with Crippen molar-refractivity contribution in [2.24, 2.45) is 5.92 Å². The minimum atomic E-state index is -4.66. The number of halogens is 3. The lowest BCUT2D eigenvalue weighted by atomic mass is 9.83. The number of hydrogen-bond acceptors (Lipinski definition) is 3. The fourth-order valence-corrected chi connectivity index (χ4v) is 4.35. The number of nitrogens with zero attached hydrogens (tertiary/aromatic N) is 1. The zero-order valence-corrected chi connectivity index (χ0v) is 16.3. The van der Waals surface area contributed by atoms with Crippen molar-refractivity contribution in [1.29, 1.82) is 0 Å². The maximum atomic E-state index is 13.5. The topological polar surface area (TPSA) is 58.6 Å². The van der Waals surface area contributed by atoms with E-state index in [1.54, 1.807) is 0 Å². The first kappa shape index (κ1) is 20.2. The predicted molar refractivity (Wildman–Crippen MR) is 98.9 cm³/mol. The zero-order valence-electron chi connectivity index (χ0n) is 16.3. The van der Waals surface area contributed by atoms with Gasteiger partial charge >= 0.3 is 6.18 Å². The normalized spacial score (nSPS) is 29.9. The van der Waals surface area contributed by atoms with Crippen LogP contribution in [0.1, 0.15) is 61.4 Å². The molecule has 1 saturated heterocycles. The van der Waals surface area contributed by atoms with Crippen molar-refractivity contribution < 1.29 is 27.5 Å². The molecule has 3 aliphatic rings. The number of nitrogens with one attached hydrogen (secondary N) is 1. The summed E-state index contributed by atoms with van der Waals surface area (Å²) < 4.78 is 46.6. The Kier molecular flexibility index (Phi) is 5.09. The smallest absolute Gasteiger partial charge is 0.353 e. The summed E-state index contributed by atoms with van der Waals surface area (Å²) in [6.07, 6.45) is -0.279. The maximum absolute atomic E-state index is 13.5. The van der Waals surface area contributed by atoms with E-state index in [1.165, 1.54) is 23.1 Å². The highest BCUT2D eigenvalue weighted by atomic mass is 19.4. The molecular formula is C21H25F3N2O3. The van der Waals surface area contributed by atoms with E-state index in [0.29, 0.717) is 18.8 Å². The molecule has 0 aromatic heterocycles. The first-order valence-electron chi connectivity index (χ1n) is 10.2. The molecule has 1 spiro atoms. The zero-order chi connectivity index (χ0) is 20.8. The average molecular weight is 410 g/mol. The molecule has 1 aliphatic heterocycles. The Morgan fingerprint density at radius 3 is 2.41 bits per heavy atom. The largest absolute Gasteiger partial charge is 0.417 e. The molecule has 0 radical (unpaired) electrons. The predicted octanol–water partition coefficient (Wildman–Crippen LogP) is 3.73. The van der Waals surface area contributed by atoms with Crippen molar-refractivity contribution in [3.63, 3.8) is 0 Å². The van der Waals surface area contributed by atoms with Gasteiger partial charge in [-0.15, -0.1) is 0 Å². The van der Waals surface area contributed by atoms with Gasteiger partial charge < -0.3 is 10.1 Å². The molecular weight excluding hydrogens is 385 g/mol. The molecule has 8 heteroatoms. The Morgan fingerprint density at radius 1 is 1.14 bits per heavy atom. The van der Waals surface area contributed by atoms with Crippen LogP contribution in [-0.4, -0.2) is 41.1 Å². The number of carbonyl (C=O) groups excluding carboxylic acids is 2. The number of ether oxygens (including phenoxy) is 1. The van der Waals surface area contributed by atoms with Crippen molar-refractivity contribution in [3.8, 4) is 0 Å². The van der Waals surface area contributed by atoms with Crippen LogP contribution in [0.25, 0.3) is 0 Å². The fraction of sp³-hybridized carbons (Fsp3) is 0.619. The second-order valence-electron chi connectivity index (χ2n) is 8.46. The molecule has 2 saturated carbocycles. The van der Waals surface area contributed by atoms with E-state index < -0.39 is 35.0 Å². The van der Waals surface area contributed by atoms with E-state index in [9.17, 15) is 22.8 Å². The van der Waals surface area contributed by atoms with Crippen LogP contribution in [0.5, 0.6) is 0 Å². The molecule has 5 nitrogen and oxygen atoms in total. The molecule has 3 fully saturated rings. The number of alkyl halides is 3. The molecule has 1 aromatic carbocycles. The van der Waals surface area contributed by atoms with Crippen molar-refractivity contribution in [1.82, 2.24) is 10.2 Å². The van der Waals surface area contributed by atoms with E-state index in [1.807, 2.05) is 0 Å². The number of carbonyl (C=O) groups is 2. The van der Waals surface area contributed by atoms with Gasteiger partial charge in [0.05, 0.1) is 17.7 Å². The Hall–Kier alpha value is -2.09. The quantitative estimate of drug-likeness (QED) is 0.826. The second-order valence-corrected chi connectivity index (χ2v) is 8.46. The molecule has 0 unspecified atom stereocenters. The van der Waals surface area contributed by atoms with Gasteiger partial charge in [-0.1, -0.05) is 19.1 Å². The third-order valence-electron chi connectivity index (χ3n) is 6.22. The van der Waals surface area contributed by atoms with Crippen molar-refractivity contribution in [2.75, 3.05) is 6.61 Å². The standard InChI is InChI=1S/C21H25F3N2O3/c1-13-8-10-20(11-9-13)26(17(12-29-20)18(27)25-14-6-7-14)19(28)15-4-2-3-5-16(15)21(22,23)24/h2-5,13-14,17H,6-12H2,1H3,(H,25,27)/t13?,17-,20?/m1/s1. The highest BCUT2D eigenvalue weighted by molar-refractivity contribution is 5.99. The lowest BCUT2D eigenvalue weighted by molar-refractivity contribution is -0.138. The van der Waals surface area contributed by atoms with Gasteiger partial charge in [0.15, 0.2) is 0 Å². The number of hydrogen-bond donors (Lipinski definition) is 1. The summed E-state index contributed by atoms with van der Waals surface area (Å²) in [5.41, 5.74) is -2.45. The van der Waals surface area contributed by atoms with E-state index >= 15 is 0 Å². The summed E-state index contributed by atoms with van der Waals surface area (Å²) in [5, 5.41) is 2.87. The van der Waals surface area contributed by atoms with Gasteiger partial charge in [-0.25, -0.2) is 0 Å². The average Bonchev–Trinajstić information content (AvgIpc) is 3.42. The van der Waals surface area contributed by atoms with Crippen molar-refractivity contribution >= 4 is 11.8 Å². The van der Waals surface area contributed by atoms with Crippen LogP contribution < -0.4 is 5.32 Å². The Balaban J connectivity index is 1.71. The SMILES string of the molecule is CC1CCC2(CC1)OC[C@H](C(=O)NC1CC1)N2C(=O)c1ccccc1C(F)(F)F. The van der Waals surface area contributed by atoms with Gasteiger partial charge in [0, 0.05) is 6.04 Å². The lowest BCUT2D eigenvalue weighted by Crippen LogP contribution is -2.57. The molecule has 2 amide bonds. The summed E-state index contributed by atoms with van der Waals surface area (Å²) in [5.74, 6) is -0.690. The van der Waals surface area contributed by atoms with E-state index in [-0.39, 0.29) is 18.6 Å². The third kappa shape index (κ3) is 3.86. The molecule has 1 aromatic rings. The van der Waals surface area contributed by atoms with Crippen LogP contribution in [0.4, 0.5) is 13.2 Å². The van der Waals surface area contributed by atoms with Gasteiger partial charge in [-0.2, -0.15) is 13.2 Å². The Labute approximate surface area is 167 Å². The molecule has 158 valence electrons. The molecule has 4 rings (SSSR count). The number of benzene rings is 1. The number of rotatable bonds is 3. The van der Waals surface area contributed by atoms with E-state index in [4.69, 9.17) is 4.74 Å². The van der Waals surface area contributed by atoms with Gasteiger partial charge in [-0.3, -0.25) is 14.5 Å². The minimum absolute atomic E-state index is 0.00680. The molecule has 1 atom stereocenters. The highest BCUT2D eigenvalue weighted by Gasteiger charge is 2.54. The minimum Gasteiger partial charge on any atom is -0.353 e. The first-order chi connectivity index (χ1) is 13.7. The van der Waals surface area contributed by atoms with Gasteiger partial charge in [0.2, 0.25) is 5.91 Å². The Bertz CT molecular complexity index is 799. The summed E-state index contributed by atoms with van der Waals surface area (Å²) in [4.78, 5) is 27.6. The summed E-state index contributed by atoms with van der Waals surface area (Å²) >= 11 is 0. The molecule has 1 heterocycles. The first-order valence-corrected chi connectivity index (χ1v) is 10.2. The second kappa shape index (κ2) is 7.31.